The number of carbonyl (C=O) groups excluding carboxylic acids is 2. The molecule has 0 radical (unpaired) electrons. The van der Waals surface area contributed by atoms with Crippen molar-refractivity contribution in [2.24, 2.45) is 0 Å². The van der Waals surface area contributed by atoms with E-state index in [2.05, 4.69) is 31.5 Å². The zero-order valence-electron chi connectivity index (χ0n) is 14.7. The summed E-state index contributed by atoms with van der Waals surface area (Å²) in [4.78, 5) is 26.5. The van der Waals surface area contributed by atoms with Gasteiger partial charge in [0, 0.05) is 11.6 Å². The maximum Gasteiger partial charge on any atom is 0.287 e. The molecule has 2 heterocycles. The molecule has 144 valence electrons. The number of amides is 2. The van der Waals surface area contributed by atoms with Gasteiger partial charge in [-0.1, -0.05) is 23.7 Å². The van der Waals surface area contributed by atoms with Crippen molar-refractivity contribution < 1.29 is 14.0 Å². The molecule has 0 bridgehead atoms. The van der Waals surface area contributed by atoms with E-state index in [4.69, 9.17) is 16.0 Å². The van der Waals surface area contributed by atoms with Crippen molar-refractivity contribution >= 4 is 39.3 Å². The number of nitrogens with one attached hydrogen (secondary N) is 2. The van der Waals surface area contributed by atoms with Crippen molar-refractivity contribution in [1.82, 2.24) is 15.5 Å². The molecule has 1 aromatic carbocycles. The van der Waals surface area contributed by atoms with Gasteiger partial charge in [-0.2, -0.15) is 0 Å². The number of nitrogens with zero attached hydrogens (tertiary/aromatic N) is 1. The van der Waals surface area contributed by atoms with E-state index >= 15 is 0 Å². The Hall–Kier alpha value is -1.83. The van der Waals surface area contributed by atoms with Gasteiger partial charge >= 0.3 is 0 Å². The average molecular weight is 455 g/mol. The van der Waals surface area contributed by atoms with Crippen molar-refractivity contribution in [2.45, 2.75) is 18.9 Å². The van der Waals surface area contributed by atoms with Crippen LogP contribution in [0, 0.1) is 0 Å². The Balaban J connectivity index is 1.54. The van der Waals surface area contributed by atoms with Crippen LogP contribution in [0.4, 0.5) is 0 Å². The van der Waals surface area contributed by atoms with Crippen LogP contribution in [0.25, 0.3) is 0 Å². The lowest BCUT2D eigenvalue weighted by molar-refractivity contribution is -0.120. The highest BCUT2D eigenvalue weighted by Crippen LogP contribution is 2.26. The fourth-order valence-electron chi connectivity index (χ4n) is 3.18. The molecule has 6 nitrogen and oxygen atoms in total. The zero-order valence-corrected chi connectivity index (χ0v) is 17.1. The molecular weight excluding hydrogens is 434 g/mol. The topological polar surface area (TPSA) is 74.6 Å². The Morgan fingerprint density at radius 2 is 1.96 bits per heavy atom. The van der Waals surface area contributed by atoms with E-state index in [1.807, 2.05) is 24.3 Å². The first-order valence-corrected chi connectivity index (χ1v) is 10.00. The number of rotatable bonds is 7. The summed E-state index contributed by atoms with van der Waals surface area (Å²) in [7, 11) is 0. The molecule has 27 heavy (non-hydrogen) atoms. The molecular formula is C19H21BrClN3O3. The largest absolute Gasteiger partial charge is 0.444 e. The van der Waals surface area contributed by atoms with E-state index in [9.17, 15) is 9.59 Å². The summed E-state index contributed by atoms with van der Waals surface area (Å²) in [6.07, 6.45) is 2.31. The van der Waals surface area contributed by atoms with Gasteiger partial charge in [-0.3, -0.25) is 14.5 Å². The van der Waals surface area contributed by atoms with Crippen molar-refractivity contribution in [2.75, 3.05) is 26.2 Å². The minimum absolute atomic E-state index is 0.0619. The maximum absolute atomic E-state index is 12.2. The molecule has 8 heteroatoms. The van der Waals surface area contributed by atoms with E-state index in [1.165, 1.54) is 0 Å². The van der Waals surface area contributed by atoms with E-state index < -0.39 is 5.91 Å². The molecule has 0 spiro atoms. The number of likely N-dealkylation sites (tertiary alicyclic amines) is 1. The molecule has 1 aliphatic rings. The molecule has 3 rings (SSSR count). The third kappa shape index (κ3) is 5.57. The average Bonchev–Trinajstić information content (AvgIpc) is 3.32. The minimum Gasteiger partial charge on any atom is -0.444 e. The second-order valence-corrected chi connectivity index (χ2v) is 7.62. The zero-order chi connectivity index (χ0) is 19.2. The summed E-state index contributed by atoms with van der Waals surface area (Å²) in [5.41, 5.74) is 1.08. The number of benzene rings is 1. The SMILES string of the molecule is O=C(CNC(=O)c1ccc(Br)o1)NCC(c1cccc(Cl)c1)N1CCCC1. The fraction of sp³-hybridized carbons (Fsp3) is 0.368. The standard InChI is InChI=1S/C19H21BrClN3O3/c20-17-7-6-16(27-17)19(26)23-12-18(25)22-11-15(24-8-1-2-9-24)13-4-3-5-14(21)10-13/h3-7,10,15H,1-2,8-9,11-12H2,(H,22,25)(H,23,26). The van der Waals surface area contributed by atoms with E-state index in [1.54, 1.807) is 12.1 Å². The molecule has 1 atom stereocenters. The predicted molar refractivity (Wildman–Crippen MR) is 107 cm³/mol. The first-order chi connectivity index (χ1) is 13.0. The van der Waals surface area contributed by atoms with Crippen LogP contribution in [0.3, 0.4) is 0 Å². The second kappa shape index (κ2) is 9.39. The van der Waals surface area contributed by atoms with Gasteiger partial charge in [-0.15, -0.1) is 0 Å². The Morgan fingerprint density at radius 1 is 1.19 bits per heavy atom. The summed E-state index contributed by atoms with van der Waals surface area (Å²) in [6, 6.07) is 11.0. The summed E-state index contributed by atoms with van der Waals surface area (Å²) < 4.78 is 5.63. The van der Waals surface area contributed by atoms with Crippen LogP contribution < -0.4 is 10.6 Å². The number of hydrogen-bond donors (Lipinski definition) is 2. The van der Waals surface area contributed by atoms with E-state index in [0.29, 0.717) is 16.2 Å². The number of hydrogen-bond acceptors (Lipinski definition) is 4. The van der Waals surface area contributed by atoms with Crippen LogP contribution in [0.5, 0.6) is 0 Å². The van der Waals surface area contributed by atoms with Crippen LogP contribution in [-0.4, -0.2) is 42.9 Å². The van der Waals surface area contributed by atoms with Crippen LogP contribution in [0.1, 0.15) is 35.0 Å². The quantitative estimate of drug-likeness (QED) is 0.673. The highest BCUT2D eigenvalue weighted by atomic mass is 79.9. The van der Waals surface area contributed by atoms with Gasteiger partial charge in [-0.05, 0) is 71.7 Å². The van der Waals surface area contributed by atoms with Gasteiger partial charge in [-0.25, -0.2) is 0 Å². The first kappa shape index (κ1) is 19.9. The van der Waals surface area contributed by atoms with Gasteiger partial charge in [0.1, 0.15) is 0 Å². The van der Waals surface area contributed by atoms with Gasteiger partial charge in [0.15, 0.2) is 10.4 Å². The molecule has 2 N–H and O–H groups in total. The van der Waals surface area contributed by atoms with Crippen LogP contribution in [-0.2, 0) is 4.79 Å². The Bertz CT molecular complexity index is 805. The number of furan rings is 1. The molecule has 2 aromatic rings. The number of halogens is 2. The highest BCUT2D eigenvalue weighted by molar-refractivity contribution is 9.10. The third-order valence-electron chi connectivity index (χ3n) is 4.51. The Morgan fingerprint density at radius 3 is 2.63 bits per heavy atom. The van der Waals surface area contributed by atoms with Gasteiger partial charge in [0.05, 0.1) is 12.6 Å². The van der Waals surface area contributed by atoms with Crippen molar-refractivity contribution in [3.63, 3.8) is 0 Å². The molecule has 1 fully saturated rings. The normalized spacial score (nSPS) is 15.5. The summed E-state index contributed by atoms with van der Waals surface area (Å²) in [5.74, 6) is -0.523. The molecule has 1 saturated heterocycles. The molecule has 0 aliphatic carbocycles. The molecule has 2 amide bonds. The first-order valence-electron chi connectivity index (χ1n) is 8.82. The van der Waals surface area contributed by atoms with Crippen molar-refractivity contribution in [3.05, 3.63) is 57.4 Å². The van der Waals surface area contributed by atoms with Crippen LogP contribution in [0.2, 0.25) is 5.02 Å². The monoisotopic (exact) mass is 453 g/mol. The van der Waals surface area contributed by atoms with E-state index in [-0.39, 0.29) is 24.3 Å². The lowest BCUT2D eigenvalue weighted by Crippen LogP contribution is -2.41. The predicted octanol–water partition coefficient (Wildman–Crippen LogP) is 3.38. The molecule has 1 aromatic heterocycles. The van der Waals surface area contributed by atoms with Gasteiger partial charge in [0.2, 0.25) is 5.91 Å². The Kier molecular flexibility index (Phi) is 6.93. The fourth-order valence-corrected chi connectivity index (χ4v) is 3.69. The van der Waals surface area contributed by atoms with Gasteiger partial charge in [0.25, 0.3) is 5.91 Å². The molecule has 1 unspecified atom stereocenters. The third-order valence-corrected chi connectivity index (χ3v) is 5.18. The lowest BCUT2D eigenvalue weighted by atomic mass is 10.1. The number of carbonyl (C=O) groups is 2. The van der Waals surface area contributed by atoms with E-state index in [0.717, 1.165) is 31.5 Å². The lowest BCUT2D eigenvalue weighted by Gasteiger charge is -2.28. The van der Waals surface area contributed by atoms with Crippen molar-refractivity contribution in [3.8, 4) is 0 Å². The van der Waals surface area contributed by atoms with Crippen LogP contribution >= 0.6 is 27.5 Å². The maximum atomic E-state index is 12.2. The molecule has 1 aliphatic heterocycles. The van der Waals surface area contributed by atoms with Gasteiger partial charge < -0.3 is 15.1 Å². The summed E-state index contributed by atoms with van der Waals surface area (Å²) in [5, 5.41) is 6.15. The second-order valence-electron chi connectivity index (χ2n) is 6.40. The summed E-state index contributed by atoms with van der Waals surface area (Å²) >= 11 is 9.28. The minimum atomic E-state index is -0.429. The smallest absolute Gasteiger partial charge is 0.287 e. The summed E-state index contributed by atoms with van der Waals surface area (Å²) in [6.45, 7) is 2.34. The highest BCUT2D eigenvalue weighted by Gasteiger charge is 2.24. The Labute approximate surface area is 171 Å². The van der Waals surface area contributed by atoms with Crippen molar-refractivity contribution in [1.29, 1.82) is 0 Å². The molecule has 0 saturated carbocycles. The van der Waals surface area contributed by atoms with Crippen LogP contribution in [0.15, 0.2) is 45.5 Å².